The van der Waals surface area contributed by atoms with Gasteiger partial charge in [-0.25, -0.2) is 0 Å². The van der Waals surface area contributed by atoms with E-state index in [-0.39, 0.29) is 6.42 Å². The van der Waals surface area contributed by atoms with Crippen LogP contribution in [0.25, 0.3) is 0 Å². The van der Waals surface area contributed by atoms with E-state index in [0.717, 1.165) is 12.2 Å². The molecular formula is C7H9NO2. The molecule has 3 nitrogen and oxygen atoms in total. The molecule has 1 heterocycles. The predicted octanol–water partition coefficient (Wildman–Crippen LogP) is 0.504. The van der Waals surface area contributed by atoms with Crippen LogP contribution < -0.4 is 5.32 Å². The third kappa shape index (κ3) is 1.93. The average molecular weight is 139 g/mol. The number of allylic oxidation sites excluding steroid dienone is 2. The van der Waals surface area contributed by atoms with Crippen molar-refractivity contribution < 1.29 is 9.90 Å². The van der Waals surface area contributed by atoms with Crippen molar-refractivity contribution in [2.45, 2.75) is 6.42 Å². The van der Waals surface area contributed by atoms with Gasteiger partial charge in [-0.15, -0.1) is 0 Å². The molecule has 0 saturated heterocycles. The fraction of sp³-hybridized carbons (Fsp3) is 0.286. The zero-order chi connectivity index (χ0) is 7.40. The average Bonchev–Trinajstić information content (AvgIpc) is 1.88. The van der Waals surface area contributed by atoms with E-state index in [1.165, 1.54) is 0 Å². The summed E-state index contributed by atoms with van der Waals surface area (Å²) in [5, 5.41) is 11.3. The minimum Gasteiger partial charge on any atom is -0.481 e. The molecular weight excluding hydrogens is 130 g/mol. The summed E-state index contributed by atoms with van der Waals surface area (Å²) < 4.78 is 0. The molecule has 0 bridgehead atoms. The smallest absolute Gasteiger partial charge is 0.309 e. The van der Waals surface area contributed by atoms with E-state index < -0.39 is 5.97 Å². The van der Waals surface area contributed by atoms with Gasteiger partial charge >= 0.3 is 5.97 Å². The van der Waals surface area contributed by atoms with Crippen molar-refractivity contribution in [1.29, 1.82) is 0 Å². The zero-order valence-electron chi connectivity index (χ0n) is 5.50. The number of carbonyl (C=O) groups is 1. The summed E-state index contributed by atoms with van der Waals surface area (Å²) >= 11 is 0. The highest BCUT2D eigenvalue weighted by Crippen LogP contribution is 2.00. The Balaban J connectivity index is 2.47. The summed E-state index contributed by atoms with van der Waals surface area (Å²) in [6.45, 7) is 0.735. The Morgan fingerprint density at radius 2 is 2.60 bits per heavy atom. The third-order valence-electron chi connectivity index (χ3n) is 1.22. The first-order valence-corrected chi connectivity index (χ1v) is 3.10. The van der Waals surface area contributed by atoms with Gasteiger partial charge in [0.25, 0.3) is 0 Å². The molecule has 2 N–H and O–H groups in total. The Kier molecular flexibility index (Phi) is 2.10. The molecule has 0 unspecified atom stereocenters. The van der Waals surface area contributed by atoms with Gasteiger partial charge in [0, 0.05) is 12.2 Å². The van der Waals surface area contributed by atoms with Gasteiger partial charge in [-0.2, -0.15) is 0 Å². The highest BCUT2D eigenvalue weighted by Gasteiger charge is 2.02. The van der Waals surface area contributed by atoms with Gasteiger partial charge < -0.3 is 10.4 Å². The number of rotatable bonds is 2. The van der Waals surface area contributed by atoms with E-state index in [4.69, 9.17) is 5.11 Å². The van der Waals surface area contributed by atoms with Gasteiger partial charge in [-0.1, -0.05) is 12.2 Å². The highest BCUT2D eigenvalue weighted by molar-refractivity contribution is 5.70. The van der Waals surface area contributed by atoms with Crippen LogP contribution in [0.3, 0.4) is 0 Å². The lowest BCUT2D eigenvalue weighted by Gasteiger charge is -2.08. The Bertz CT molecular complexity index is 194. The minimum atomic E-state index is -0.797. The molecule has 0 aliphatic carbocycles. The van der Waals surface area contributed by atoms with Crippen LogP contribution in [-0.2, 0) is 4.79 Å². The monoisotopic (exact) mass is 139 g/mol. The molecule has 0 fully saturated rings. The first kappa shape index (κ1) is 6.86. The quantitative estimate of drug-likeness (QED) is 0.585. The van der Waals surface area contributed by atoms with E-state index in [1.807, 2.05) is 12.2 Å². The number of hydrogen-bond donors (Lipinski definition) is 2. The number of carboxylic acids is 1. The summed E-state index contributed by atoms with van der Waals surface area (Å²) in [4.78, 5) is 10.2. The van der Waals surface area contributed by atoms with Crippen LogP contribution in [0, 0.1) is 0 Å². The Morgan fingerprint density at radius 3 is 3.10 bits per heavy atom. The molecule has 0 saturated carbocycles. The number of nitrogens with one attached hydrogen (secondary N) is 1. The third-order valence-corrected chi connectivity index (χ3v) is 1.22. The second kappa shape index (κ2) is 3.06. The van der Waals surface area contributed by atoms with Crippen LogP contribution in [0.4, 0.5) is 0 Å². The number of carboxylic acid groups (broad SMARTS) is 1. The lowest BCUT2D eigenvalue weighted by atomic mass is 10.2. The fourth-order valence-electron chi connectivity index (χ4n) is 0.786. The predicted molar refractivity (Wildman–Crippen MR) is 37.5 cm³/mol. The van der Waals surface area contributed by atoms with Crippen molar-refractivity contribution in [2.75, 3.05) is 6.54 Å². The lowest BCUT2D eigenvalue weighted by molar-refractivity contribution is -0.136. The second-order valence-electron chi connectivity index (χ2n) is 2.07. The maximum atomic E-state index is 10.2. The van der Waals surface area contributed by atoms with Gasteiger partial charge in [0.05, 0.1) is 6.42 Å². The molecule has 0 spiro atoms. The fourth-order valence-corrected chi connectivity index (χ4v) is 0.786. The molecule has 1 aliphatic heterocycles. The topological polar surface area (TPSA) is 49.3 Å². The van der Waals surface area contributed by atoms with E-state index in [9.17, 15) is 4.79 Å². The number of hydrogen-bond acceptors (Lipinski definition) is 2. The second-order valence-corrected chi connectivity index (χ2v) is 2.07. The molecule has 1 aliphatic rings. The van der Waals surface area contributed by atoms with Crippen LogP contribution in [0.5, 0.6) is 0 Å². The van der Waals surface area contributed by atoms with E-state index in [0.29, 0.717) is 0 Å². The molecule has 0 aromatic heterocycles. The van der Waals surface area contributed by atoms with E-state index in [1.54, 1.807) is 6.08 Å². The van der Waals surface area contributed by atoms with Crippen LogP contribution in [-0.4, -0.2) is 17.6 Å². The summed E-state index contributed by atoms with van der Waals surface area (Å²) in [5.74, 6) is -0.797. The molecule has 3 heteroatoms. The highest BCUT2D eigenvalue weighted by atomic mass is 16.4. The molecule has 0 atom stereocenters. The summed E-state index contributed by atoms with van der Waals surface area (Å²) in [6, 6.07) is 0. The zero-order valence-corrected chi connectivity index (χ0v) is 5.50. The maximum Gasteiger partial charge on any atom is 0.309 e. The number of dihydropyridines is 1. The van der Waals surface area contributed by atoms with Crippen molar-refractivity contribution in [1.82, 2.24) is 5.32 Å². The van der Waals surface area contributed by atoms with Crippen LogP contribution in [0.2, 0.25) is 0 Å². The lowest BCUT2D eigenvalue weighted by Crippen LogP contribution is -2.17. The van der Waals surface area contributed by atoms with Crippen LogP contribution in [0.1, 0.15) is 6.42 Å². The summed E-state index contributed by atoms with van der Waals surface area (Å²) in [7, 11) is 0. The molecule has 0 amide bonds. The van der Waals surface area contributed by atoms with E-state index in [2.05, 4.69) is 5.32 Å². The first-order chi connectivity index (χ1) is 4.79. The van der Waals surface area contributed by atoms with Gasteiger partial charge in [0.1, 0.15) is 0 Å². The van der Waals surface area contributed by atoms with Gasteiger partial charge in [-0.3, -0.25) is 4.79 Å². The Morgan fingerprint density at radius 1 is 1.80 bits per heavy atom. The largest absolute Gasteiger partial charge is 0.481 e. The van der Waals surface area contributed by atoms with Crippen molar-refractivity contribution in [3.05, 3.63) is 23.9 Å². The van der Waals surface area contributed by atoms with Crippen molar-refractivity contribution in [3.63, 3.8) is 0 Å². The first-order valence-electron chi connectivity index (χ1n) is 3.10. The minimum absolute atomic E-state index is 0.0876. The number of aliphatic carboxylic acids is 1. The molecule has 10 heavy (non-hydrogen) atoms. The Hall–Kier alpha value is -1.25. The Labute approximate surface area is 59.0 Å². The van der Waals surface area contributed by atoms with Crippen molar-refractivity contribution in [2.24, 2.45) is 0 Å². The molecule has 1 rings (SSSR count). The van der Waals surface area contributed by atoms with Crippen molar-refractivity contribution >= 4 is 5.97 Å². The summed E-state index contributed by atoms with van der Waals surface area (Å²) in [6.07, 6.45) is 5.65. The SMILES string of the molecule is O=C(O)CC1=CC=CCN1. The molecule has 0 aromatic rings. The normalized spacial score (nSPS) is 15.8. The van der Waals surface area contributed by atoms with Gasteiger partial charge in [0.15, 0.2) is 0 Å². The van der Waals surface area contributed by atoms with Gasteiger partial charge in [-0.05, 0) is 6.08 Å². The maximum absolute atomic E-state index is 10.2. The summed E-state index contributed by atoms with van der Waals surface area (Å²) in [5.41, 5.74) is 0.773. The molecule has 0 aromatic carbocycles. The van der Waals surface area contributed by atoms with Gasteiger partial charge in [0.2, 0.25) is 0 Å². The van der Waals surface area contributed by atoms with Crippen LogP contribution >= 0.6 is 0 Å². The van der Waals surface area contributed by atoms with Crippen molar-refractivity contribution in [3.8, 4) is 0 Å². The standard InChI is InChI=1S/C7H9NO2/c9-7(10)5-6-3-1-2-4-8-6/h1-3,8H,4-5H2,(H,9,10). The molecule has 0 radical (unpaired) electrons. The van der Waals surface area contributed by atoms with Crippen LogP contribution in [0.15, 0.2) is 23.9 Å². The van der Waals surface area contributed by atoms with E-state index >= 15 is 0 Å². The molecule has 54 valence electrons.